The molecule has 1 saturated heterocycles. The Hall–Kier alpha value is -2.13. The molecule has 1 aliphatic heterocycles. The highest BCUT2D eigenvalue weighted by atomic mass is 16.4. The Bertz CT molecular complexity index is 841. The smallest absolute Gasteiger partial charge is 0.117 e. The Morgan fingerprint density at radius 3 is 2.45 bits per heavy atom. The molecule has 3 nitrogen and oxygen atoms in total. The zero-order valence-corrected chi connectivity index (χ0v) is 19.0. The fourth-order valence-electron chi connectivity index (χ4n) is 5.70. The highest BCUT2D eigenvalue weighted by Crippen LogP contribution is 2.33. The molecule has 4 rings (SSSR count). The van der Waals surface area contributed by atoms with Crippen LogP contribution in [0.2, 0.25) is 0 Å². The Morgan fingerprint density at radius 2 is 1.68 bits per heavy atom. The van der Waals surface area contributed by atoms with Crippen molar-refractivity contribution in [3.8, 4) is 0 Å². The van der Waals surface area contributed by atoms with Gasteiger partial charge in [-0.3, -0.25) is 4.90 Å². The molecule has 2 aromatic rings. The molecule has 31 heavy (non-hydrogen) atoms. The van der Waals surface area contributed by atoms with Crippen LogP contribution in [-0.2, 0) is 0 Å². The molecule has 0 aromatic heterocycles. The molecule has 0 bridgehead atoms. The summed E-state index contributed by atoms with van der Waals surface area (Å²) < 4.78 is 0. The molecule has 2 fully saturated rings. The van der Waals surface area contributed by atoms with E-state index < -0.39 is 0 Å². The molecule has 3 heteroatoms. The number of hydrogen-bond acceptors (Lipinski definition) is 3. The van der Waals surface area contributed by atoms with Crippen LogP contribution in [0.1, 0.15) is 87.3 Å². The fraction of sp³-hybridized carbons (Fsp3) is 0.536. The van der Waals surface area contributed by atoms with Crippen LogP contribution in [0.5, 0.6) is 0 Å². The van der Waals surface area contributed by atoms with Gasteiger partial charge >= 0.3 is 0 Å². The first-order chi connectivity index (χ1) is 15.2. The first kappa shape index (κ1) is 22.1. The summed E-state index contributed by atoms with van der Waals surface area (Å²) in [5, 5.41) is 13.3. The van der Waals surface area contributed by atoms with E-state index in [1.54, 1.807) is 0 Å². The summed E-state index contributed by atoms with van der Waals surface area (Å²) in [6.45, 7) is 4.72. The van der Waals surface area contributed by atoms with E-state index in [0.29, 0.717) is 11.6 Å². The summed E-state index contributed by atoms with van der Waals surface area (Å²) in [4.78, 5) is 2.79. The van der Waals surface area contributed by atoms with E-state index in [-0.39, 0.29) is 0 Å². The van der Waals surface area contributed by atoms with Crippen molar-refractivity contribution in [1.29, 1.82) is 0 Å². The first-order valence-electron chi connectivity index (χ1n) is 12.4. The molecular formula is C28H38N2O. The highest BCUT2D eigenvalue weighted by molar-refractivity contribution is 6.12. The number of hydrogen-bond donors (Lipinski definition) is 1. The number of benzene rings is 2. The minimum atomic E-state index is 0.461. The molecule has 0 radical (unpaired) electrons. The average Bonchev–Trinajstić information content (AvgIpc) is 2.82. The summed E-state index contributed by atoms with van der Waals surface area (Å²) >= 11 is 0. The van der Waals surface area contributed by atoms with Gasteiger partial charge in [0.05, 0.1) is 0 Å². The molecule has 2 unspecified atom stereocenters. The minimum Gasteiger partial charge on any atom is -0.410 e. The number of nitrogens with zero attached hydrogens (tertiary/aromatic N) is 2. The maximum Gasteiger partial charge on any atom is 0.117 e. The van der Waals surface area contributed by atoms with Crippen molar-refractivity contribution in [2.75, 3.05) is 13.1 Å². The Kier molecular flexibility index (Phi) is 7.80. The van der Waals surface area contributed by atoms with Crippen molar-refractivity contribution < 1.29 is 5.21 Å². The molecular weight excluding hydrogens is 380 g/mol. The third kappa shape index (κ3) is 5.77. The second-order valence-electron chi connectivity index (χ2n) is 9.73. The minimum absolute atomic E-state index is 0.461. The maximum absolute atomic E-state index is 9.69. The number of piperidine rings is 1. The average molecular weight is 419 g/mol. The number of rotatable bonds is 7. The van der Waals surface area contributed by atoms with E-state index in [0.717, 1.165) is 29.6 Å². The SMILES string of the molecule is CC(CN1CCCCC1CC1CCCCC1)c1cccc(C(=NO)c2ccccc2)c1. The van der Waals surface area contributed by atoms with Gasteiger partial charge in [-0.2, -0.15) is 0 Å². The zero-order chi connectivity index (χ0) is 21.5. The molecule has 2 aliphatic rings. The Labute approximate surface area is 188 Å². The molecule has 1 aliphatic carbocycles. The summed E-state index contributed by atoms with van der Waals surface area (Å²) in [7, 11) is 0. The highest BCUT2D eigenvalue weighted by Gasteiger charge is 2.27. The van der Waals surface area contributed by atoms with Crippen molar-refractivity contribution in [1.82, 2.24) is 4.90 Å². The van der Waals surface area contributed by atoms with E-state index in [9.17, 15) is 5.21 Å². The summed E-state index contributed by atoms with van der Waals surface area (Å²) in [5.74, 6) is 1.41. The molecule has 0 amide bonds. The monoisotopic (exact) mass is 418 g/mol. The number of oxime groups is 1. The largest absolute Gasteiger partial charge is 0.410 e. The molecule has 166 valence electrons. The van der Waals surface area contributed by atoms with Crippen LogP contribution in [0, 0.1) is 5.92 Å². The summed E-state index contributed by atoms with van der Waals surface area (Å²) in [6.07, 6.45) is 12.7. The Morgan fingerprint density at radius 1 is 0.935 bits per heavy atom. The quantitative estimate of drug-likeness (QED) is 0.303. The lowest BCUT2D eigenvalue weighted by molar-refractivity contribution is 0.111. The van der Waals surface area contributed by atoms with Gasteiger partial charge in [0.15, 0.2) is 0 Å². The van der Waals surface area contributed by atoms with Gasteiger partial charge in [0, 0.05) is 23.7 Å². The van der Waals surface area contributed by atoms with Crippen LogP contribution in [0.4, 0.5) is 0 Å². The van der Waals surface area contributed by atoms with Crippen LogP contribution < -0.4 is 0 Å². The second-order valence-corrected chi connectivity index (χ2v) is 9.73. The zero-order valence-electron chi connectivity index (χ0n) is 19.0. The third-order valence-corrected chi connectivity index (χ3v) is 7.46. The molecule has 1 N–H and O–H groups in total. The van der Waals surface area contributed by atoms with Gasteiger partial charge in [0.2, 0.25) is 0 Å². The number of likely N-dealkylation sites (tertiary alicyclic amines) is 1. The van der Waals surface area contributed by atoms with E-state index in [1.165, 1.54) is 69.9 Å². The Balaban J connectivity index is 1.45. The predicted octanol–water partition coefficient (Wildman–Crippen LogP) is 6.84. The third-order valence-electron chi connectivity index (χ3n) is 7.46. The van der Waals surface area contributed by atoms with Crippen molar-refractivity contribution in [2.45, 2.75) is 76.7 Å². The lowest BCUT2D eigenvalue weighted by Crippen LogP contribution is -2.42. The summed E-state index contributed by atoms with van der Waals surface area (Å²) in [5.41, 5.74) is 3.90. The van der Waals surface area contributed by atoms with Gasteiger partial charge in [0.25, 0.3) is 0 Å². The molecule has 0 spiro atoms. The van der Waals surface area contributed by atoms with Crippen LogP contribution in [0.3, 0.4) is 0 Å². The van der Waals surface area contributed by atoms with E-state index in [1.807, 2.05) is 36.4 Å². The van der Waals surface area contributed by atoms with E-state index >= 15 is 0 Å². The van der Waals surface area contributed by atoms with Crippen LogP contribution in [0.15, 0.2) is 59.8 Å². The van der Waals surface area contributed by atoms with Crippen molar-refractivity contribution in [3.63, 3.8) is 0 Å². The van der Waals surface area contributed by atoms with Crippen molar-refractivity contribution >= 4 is 5.71 Å². The molecule has 1 heterocycles. The lowest BCUT2D eigenvalue weighted by Gasteiger charge is -2.39. The molecule has 1 saturated carbocycles. The maximum atomic E-state index is 9.69. The fourth-order valence-corrected chi connectivity index (χ4v) is 5.70. The van der Waals surface area contributed by atoms with Gasteiger partial charge in [-0.15, -0.1) is 0 Å². The lowest BCUT2D eigenvalue weighted by atomic mass is 9.82. The molecule has 2 atom stereocenters. The van der Waals surface area contributed by atoms with E-state index in [2.05, 4.69) is 35.2 Å². The van der Waals surface area contributed by atoms with Crippen molar-refractivity contribution in [2.24, 2.45) is 11.1 Å². The van der Waals surface area contributed by atoms with Crippen LogP contribution >= 0.6 is 0 Å². The predicted molar refractivity (Wildman–Crippen MR) is 129 cm³/mol. The summed E-state index contributed by atoms with van der Waals surface area (Å²) in [6, 6.07) is 19.3. The van der Waals surface area contributed by atoms with Crippen LogP contribution in [0.25, 0.3) is 0 Å². The van der Waals surface area contributed by atoms with Crippen molar-refractivity contribution in [3.05, 3.63) is 71.3 Å². The first-order valence-corrected chi connectivity index (χ1v) is 12.4. The molecule has 2 aromatic carbocycles. The topological polar surface area (TPSA) is 35.8 Å². The van der Waals surface area contributed by atoms with Gasteiger partial charge in [-0.25, -0.2) is 0 Å². The van der Waals surface area contributed by atoms with Gasteiger partial charge < -0.3 is 5.21 Å². The van der Waals surface area contributed by atoms with E-state index in [4.69, 9.17) is 0 Å². The van der Waals surface area contributed by atoms with Gasteiger partial charge in [-0.1, -0.05) is 99.1 Å². The standard InChI is InChI=1S/C28H38N2O/c1-22(21-30-18-9-8-17-27(30)19-23-11-4-2-5-12-23)25-15-10-16-26(20-25)28(29-31)24-13-6-3-7-14-24/h3,6-7,10,13-16,20,22-23,27,31H,2,4-5,8-9,11-12,17-19,21H2,1H3. The van der Waals surface area contributed by atoms with Crippen LogP contribution in [-0.4, -0.2) is 35.0 Å². The second kappa shape index (κ2) is 10.9. The normalized spacial score (nSPS) is 22.4. The van der Waals surface area contributed by atoms with Gasteiger partial charge in [0.1, 0.15) is 5.71 Å². The van der Waals surface area contributed by atoms with Gasteiger partial charge in [-0.05, 0) is 49.3 Å².